The van der Waals surface area contributed by atoms with Gasteiger partial charge in [0.05, 0.1) is 10.9 Å². The number of thiophene rings is 1. The summed E-state index contributed by atoms with van der Waals surface area (Å²) in [4.78, 5) is 145. The molecule has 4 aliphatic heterocycles. The fourth-order valence-electron chi connectivity index (χ4n) is 11.3. The first-order valence-electron chi connectivity index (χ1n) is 27.6. The van der Waals surface area contributed by atoms with Gasteiger partial charge in [0, 0.05) is 78.6 Å². The maximum absolute atomic E-state index is 15.0. The Morgan fingerprint density at radius 3 is 2.22 bits per heavy atom. The molecular weight excluding hydrogens is 1120 g/mol. The molecule has 5 atom stereocenters. The SMILES string of the molecule is NC(=O)CC[C@H](NC(=O)[C@@H]1CC[C@@H]2CCN(C(=O)CCCCCCNc3cccc4c3CN(C3CCC(=O)NC3=O)C4=O)C[C@H](NC(=O)c3cc4cc(C(F)(F)P(=O)(O)O)ccc4s3)C(=O)N21)C(=O)NC(c1ccccc1)c1ccccc1. The molecule has 25 heteroatoms. The van der Waals surface area contributed by atoms with Gasteiger partial charge < -0.3 is 51.5 Å². The Balaban J connectivity index is 0.871. The van der Waals surface area contributed by atoms with Crippen molar-refractivity contribution < 1.29 is 66.3 Å². The first-order valence-corrected chi connectivity index (χ1v) is 30.0. The Hall–Kier alpha value is -7.92. The summed E-state index contributed by atoms with van der Waals surface area (Å²) in [5.74, 6) is -4.95. The number of amides is 9. The monoisotopic (exact) mass is 1180 g/mol. The fourth-order valence-corrected chi connectivity index (χ4v) is 12.7. The van der Waals surface area contributed by atoms with E-state index in [4.69, 9.17) is 5.73 Å². The van der Waals surface area contributed by atoms with Gasteiger partial charge in [-0.15, -0.1) is 11.3 Å². The van der Waals surface area contributed by atoms with Crippen molar-refractivity contribution in [2.75, 3.05) is 25.0 Å². The lowest BCUT2D eigenvalue weighted by Gasteiger charge is -2.39. The third kappa shape index (κ3) is 13.6. The summed E-state index contributed by atoms with van der Waals surface area (Å²) in [5.41, 5.74) is 3.57. The van der Waals surface area contributed by atoms with Gasteiger partial charge in [-0.2, -0.15) is 8.78 Å². The number of fused-ring (bicyclic) bond motifs is 3. The van der Waals surface area contributed by atoms with Crippen LogP contribution in [0, 0.1) is 0 Å². The molecule has 21 nitrogen and oxygen atoms in total. The van der Waals surface area contributed by atoms with Crippen molar-refractivity contribution in [3.05, 3.63) is 136 Å². The highest BCUT2D eigenvalue weighted by Crippen LogP contribution is 2.59. The van der Waals surface area contributed by atoms with E-state index in [2.05, 4.69) is 26.6 Å². The molecule has 9 rings (SSSR count). The van der Waals surface area contributed by atoms with Crippen LogP contribution >= 0.6 is 18.9 Å². The quantitative estimate of drug-likeness (QED) is 0.0248. The number of piperidine rings is 1. The molecule has 0 bridgehead atoms. The second-order valence-corrected chi connectivity index (χ2v) is 24.0. The average Bonchev–Trinajstić information content (AvgIpc) is 4.43. The van der Waals surface area contributed by atoms with E-state index >= 15 is 4.79 Å². The lowest BCUT2D eigenvalue weighted by atomic mass is 9.98. The summed E-state index contributed by atoms with van der Waals surface area (Å²) < 4.78 is 41.5. The first-order chi connectivity index (χ1) is 39.7. The predicted molar refractivity (Wildman–Crippen MR) is 301 cm³/mol. The van der Waals surface area contributed by atoms with Crippen LogP contribution in [0.3, 0.4) is 0 Å². The van der Waals surface area contributed by atoms with E-state index in [9.17, 15) is 61.5 Å². The molecule has 0 aliphatic carbocycles. The van der Waals surface area contributed by atoms with E-state index in [1.165, 1.54) is 26.8 Å². The number of nitrogens with zero attached hydrogens (tertiary/aromatic N) is 3. The summed E-state index contributed by atoms with van der Waals surface area (Å²) in [6, 6.07) is 22.0. The Morgan fingerprint density at radius 2 is 1.53 bits per heavy atom. The standard InChI is InChI=1S/C58H64F2N9O12PS/c59-58(60,82(79,80)81)37-19-24-46-36(30-37)31-47(83-46)55(76)64-43-33-67(50(72)18-9-1-2-10-28-62-41-17-11-16-39-40(41)32-68(56(39)77)44-23-26-49(71)65-53(44)74)29-27-38-20-22-45(69(38)57(43)78)54(75)63-42(21-25-48(61)70)52(73)66-51(34-12-5-3-6-13-34)35-14-7-4-8-15-35/h3-8,11-17,19,24,30-31,38,42-45,51,62H,1-2,9-10,18,20-23,25-29,32-33H2,(H2,61,70)(H,63,75)(H,64,76)(H,66,73)(H,65,71,74)(H2,79,80,81)/t38-,42+,43+,44?,45+/m1/s1. The predicted octanol–water partition coefficient (Wildman–Crippen LogP) is 5.30. The zero-order valence-electron chi connectivity index (χ0n) is 45.1. The molecule has 9 N–H and O–H groups in total. The Kier molecular flexibility index (Phi) is 18.5. The molecule has 0 saturated carbocycles. The number of carbonyl (C=O) groups is 9. The molecule has 9 amide bonds. The number of rotatable bonds is 22. The second-order valence-electron chi connectivity index (χ2n) is 21.2. The van der Waals surface area contributed by atoms with Gasteiger partial charge in [-0.25, -0.2) is 0 Å². The van der Waals surface area contributed by atoms with Crippen LogP contribution in [0.4, 0.5) is 14.5 Å². The topological polar surface area (TPSA) is 307 Å². The molecule has 1 unspecified atom stereocenters. The zero-order chi connectivity index (χ0) is 59.2. The van der Waals surface area contributed by atoms with Crippen LogP contribution in [0.15, 0.2) is 103 Å². The molecule has 438 valence electrons. The number of carbonyl (C=O) groups excluding carboxylic acids is 9. The molecule has 4 aliphatic rings. The number of benzene rings is 4. The number of alkyl halides is 2. The highest BCUT2D eigenvalue weighted by molar-refractivity contribution is 7.52. The van der Waals surface area contributed by atoms with Crippen LogP contribution in [0.2, 0.25) is 0 Å². The van der Waals surface area contributed by atoms with Crippen LogP contribution < -0.4 is 32.3 Å². The van der Waals surface area contributed by atoms with Crippen LogP contribution in [0.1, 0.15) is 125 Å². The third-order valence-corrected chi connectivity index (χ3v) is 17.8. The van der Waals surface area contributed by atoms with Gasteiger partial charge >= 0.3 is 13.3 Å². The number of halogens is 2. The summed E-state index contributed by atoms with van der Waals surface area (Å²) in [7, 11) is -5.92. The summed E-state index contributed by atoms with van der Waals surface area (Å²) in [6.07, 6.45) is 3.41. The van der Waals surface area contributed by atoms with Crippen molar-refractivity contribution in [1.82, 2.24) is 36.0 Å². The minimum Gasteiger partial charge on any atom is -0.385 e. The van der Waals surface area contributed by atoms with E-state index in [1.807, 2.05) is 66.7 Å². The largest absolute Gasteiger partial charge is 0.399 e. The lowest BCUT2D eigenvalue weighted by molar-refractivity contribution is -0.145. The number of imide groups is 1. The number of unbranched alkanes of at least 4 members (excludes halogenated alkanes) is 3. The summed E-state index contributed by atoms with van der Waals surface area (Å²) >= 11 is 0.875. The first kappa shape index (κ1) is 59.7. The van der Waals surface area contributed by atoms with Crippen molar-refractivity contribution in [3.8, 4) is 0 Å². The van der Waals surface area contributed by atoms with Crippen LogP contribution in [-0.4, -0.2) is 127 Å². The molecule has 83 heavy (non-hydrogen) atoms. The van der Waals surface area contributed by atoms with Gasteiger partial charge in [-0.05, 0) is 91.8 Å². The summed E-state index contributed by atoms with van der Waals surface area (Å²) in [5, 5.41) is 14.3. The molecule has 3 fully saturated rings. The van der Waals surface area contributed by atoms with Crippen molar-refractivity contribution in [2.45, 2.75) is 126 Å². The fraction of sp³-hybridized carbons (Fsp3) is 0.397. The van der Waals surface area contributed by atoms with E-state index < -0.39 is 90.5 Å². The average molecular weight is 1180 g/mol. The zero-order valence-corrected chi connectivity index (χ0v) is 46.8. The van der Waals surface area contributed by atoms with Crippen molar-refractivity contribution >= 4 is 87.9 Å². The maximum Gasteiger partial charge on any atom is 0.399 e. The maximum atomic E-state index is 15.0. The third-order valence-electron chi connectivity index (χ3n) is 15.7. The van der Waals surface area contributed by atoms with Gasteiger partial charge in [0.1, 0.15) is 24.2 Å². The minimum atomic E-state index is -5.92. The summed E-state index contributed by atoms with van der Waals surface area (Å²) in [6.45, 7) is 0.614. The normalized spacial score (nSPS) is 19.6. The van der Waals surface area contributed by atoms with Crippen LogP contribution in [0.5, 0.6) is 0 Å². The van der Waals surface area contributed by atoms with Crippen molar-refractivity contribution in [2.24, 2.45) is 5.73 Å². The molecule has 0 radical (unpaired) electrons. The van der Waals surface area contributed by atoms with Gasteiger partial charge in [0.25, 0.3) is 11.8 Å². The van der Waals surface area contributed by atoms with Crippen molar-refractivity contribution in [1.29, 1.82) is 0 Å². The Morgan fingerprint density at radius 1 is 0.819 bits per heavy atom. The van der Waals surface area contributed by atoms with E-state index in [0.717, 1.165) is 52.3 Å². The number of primary amides is 1. The molecule has 1 aromatic heterocycles. The molecular formula is C58H64F2N9O12PS. The second kappa shape index (κ2) is 25.7. The number of nitrogens with one attached hydrogen (secondary N) is 5. The molecule has 3 saturated heterocycles. The van der Waals surface area contributed by atoms with Gasteiger partial charge in [-0.3, -0.25) is 53.0 Å². The number of hydrogen-bond donors (Lipinski definition) is 8. The van der Waals surface area contributed by atoms with Gasteiger partial charge in [0.2, 0.25) is 41.4 Å². The smallest absolute Gasteiger partial charge is 0.385 e. The van der Waals surface area contributed by atoms with Crippen LogP contribution in [0.25, 0.3) is 10.1 Å². The Bertz CT molecular complexity index is 3330. The van der Waals surface area contributed by atoms with Crippen LogP contribution in [-0.2, 0) is 50.3 Å². The van der Waals surface area contributed by atoms with E-state index in [1.54, 1.807) is 12.1 Å². The van der Waals surface area contributed by atoms with E-state index in [0.29, 0.717) is 42.5 Å². The molecule has 5 heterocycles. The highest BCUT2D eigenvalue weighted by atomic mass is 32.1. The lowest BCUT2D eigenvalue weighted by Crippen LogP contribution is -2.62. The van der Waals surface area contributed by atoms with E-state index in [-0.39, 0.29) is 92.6 Å². The number of hydrogen-bond acceptors (Lipinski definition) is 12. The minimum absolute atomic E-state index is 0.0434. The van der Waals surface area contributed by atoms with Gasteiger partial charge in [0.15, 0.2) is 0 Å². The number of nitrogens with two attached hydrogens (primary N) is 1. The molecule has 4 aromatic carbocycles. The van der Waals surface area contributed by atoms with Crippen molar-refractivity contribution in [3.63, 3.8) is 0 Å². The highest BCUT2D eigenvalue weighted by Gasteiger charge is 2.51. The van der Waals surface area contributed by atoms with Gasteiger partial charge in [-0.1, -0.05) is 85.6 Å². The molecule has 5 aromatic rings. The molecule has 0 spiro atoms. The number of anilines is 1. The Labute approximate surface area is 480 Å².